The summed E-state index contributed by atoms with van der Waals surface area (Å²) in [5.74, 6) is -0.739. The predicted octanol–water partition coefficient (Wildman–Crippen LogP) is 4.14. The molecule has 0 spiro atoms. The molecule has 0 saturated heterocycles. The number of aliphatic carboxylic acids is 1. The fraction of sp³-hybridized carbons (Fsp3) is 0.150. The number of amides is 1. The van der Waals surface area contributed by atoms with Crippen LogP contribution in [0.2, 0.25) is 0 Å². The zero-order valence-electron chi connectivity index (χ0n) is 14.9. The molecule has 1 aromatic heterocycles. The summed E-state index contributed by atoms with van der Waals surface area (Å²) in [5.41, 5.74) is 3.15. The second-order valence-electron chi connectivity index (χ2n) is 5.90. The van der Waals surface area contributed by atoms with Crippen molar-refractivity contribution < 1.29 is 19.4 Å². The Kier molecular flexibility index (Phi) is 5.52. The van der Waals surface area contributed by atoms with Gasteiger partial charge in [-0.2, -0.15) is 0 Å². The van der Waals surface area contributed by atoms with Crippen molar-refractivity contribution >= 4 is 28.3 Å². The largest absolute Gasteiger partial charge is 0.482 e. The zero-order chi connectivity index (χ0) is 19.4. The van der Waals surface area contributed by atoms with E-state index in [1.165, 1.54) is 11.3 Å². The Labute approximate surface area is 160 Å². The van der Waals surface area contributed by atoms with Gasteiger partial charge in [-0.15, -0.1) is 11.3 Å². The average molecular weight is 382 g/mol. The molecular formula is C20H18N2O4S. The summed E-state index contributed by atoms with van der Waals surface area (Å²) in [6.45, 7) is 3.44. The molecule has 1 amide bonds. The van der Waals surface area contributed by atoms with Crippen LogP contribution in [0.4, 0.5) is 5.13 Å². The first-order chi connectivity index (χ1) is 12.9. The lowest BCUT2D eigenvalue weighted by Crippen LogP contribution is -2.12. The first-order valence-corrected chi connectivity index (χ1v) is 9.05. The number of carboxylic acid groups (broad SMARTS) is 1. The average Bonchev–Trinajstić information content (AvgIpc) is 3.00. The Morgan fingerprint density at radius 3 is 2.48 bits per heavy atom. The van der Waals surface area contributed by atoms with Gasteiger partial charge < -0.3 is 9.84 Å². The molecule has 0 unspecified atom stereocenters. The highest BCUT2D eigenvalue weighted by Gasteiger charge is 2.14. The SMILES string of the molecule is Cc1ccccc1C(=O)Nc1nc(-c2ccc(OCC(=O)O)cc2)c(C)s1. The van der Waals surface area contributed by atoms with Gasteiger partial charge in [-0.25, -0.2) is 9.78 Å². The highest BCUT2D eigenvalue weighted by molar-refractivity contribution is 7.16. The molecule has 0 bridgehead atoms. The number of rotatable bonds is 6. The molecule has 2 aromatic carbocycles. The molecule has 0 aliphatic carbocycles. The zero-order valence-corrected chi connectivity index (χ0v) is 15.7. The van der Waals surface area contributed by atoms with Crippen molar-refractivity contribution in [2.24, 2.45) is 0 Å². The molecule has 0 fully saturated rings. The fourth-order valence-corrected chi connectivity index (χ4v) is 3.39. The van der Waals surface area contributed by atoms with E-state index in [0.29, 0.717) is 16.4 Å². The minimum Gasteiger partial charge on any atom is -0.482 e. The number of benzene rings is 2. The van der Waals surface area contributed by atoms with E-state index in [2.05, 4.69) is 10.3 Å². The molecule has 0 atom stereocenters. The summed E-state index contributed by atoms with van der Waals surface area (Å²) in [5, 5.41) is 12.0. The van der Waals surface area contributed by atoms with Gasteiger partial charge in [-0.3, -0.25) is 10.1 Å². The number of aryl methyl sites for hydroxylation is 2. The maximum absolute atomic E-state index is 12.5. The van der Waals surface area contributed by atoms with Gasteiger partial charge in [0.2, 0.25) is 0 Å². The Morgan fingerprint density at radius 1 is 1.11 bits per heavy atom. The van der Waals surface area contributed by atoms with E-state index in [1.54, 1.807) is 18.2 Å². The topological polar surface area (TPSA) is 88.5 Å². The fourth-order valence-electron chi connectivity index (χ4n) is 2.56. The highest BCUT2D eigenvalue weighted by Crippen LogP contribution is 2.31. The van der Waals surface area contributed by atoms with Gasteiger partial charge >= 0.3 is 5.97 Å². The van der Waals surface area contributed by atoms with Crippen LogP contribution in [0.25, 0.3) is 11.3 Å². The molecule has 7 heteroatoms. The molecule has 138 valence electrons. The maximum Gasteiger partial charge on any atom is 0.341 e. The molecule has 0 aliphatic heterocycles. The van der Waals surface area contributed by atoms with Crippen LogP contribution < -0.4 is 10.1 Å². The lowest BCUT2D eigenvalue weighted by Gasteiger charge is -2.05. The van der Waals surface area contributed by atoms with E-state index in [4.69, 9.17) is 9.84 Å². The smallest absolute Gasteiger partial charge is 0.341 e. The summed E-state index contributed by atoms with van der Waals surface area (Å²) >= 11 is 1.40. The normalized spacial score (nSPS) is 10.4. The predicted molar refractivity (Wildman–Crippen MR) is 105 cm³/mol. The molecule has 3 rings (SSSR count). The number of aromatic nitrogens is 1. The van der Waals surface area contributed by atoms with Crippen molar-refractivity contribution in [2.75, 3.05) is 11.9 Å². The second kappa shape index (κ2) is 8.01. The number of hydrogen-bond acceptors (Lipinski definition) is 5. The summed E-state index contributed by atoms with van der Waals surface area (Å²) in [7, 11) is 0. The van der Waals surface area contributed by atoms with Crippen LogP contribution in [-0.2, 0) is 4.79 Å². The first-order valence-electron chi connectivity index (χ1n) is 8.23. The number of nitrogens with zero attached hydrogens (tertiary/aromatic N) is 1. The van der Waals surface area contributed by atoms with Gasteiger partial charge in [-0.1, -0.05) is 18.2 Å². The number of anilines is 1. The molecule has 6 nitrogen and oxygen atoms in total. The van der Waals surface area contributed by atoms with E-state index in [0.717, 1.165) is 21.7 Å². The van der Waals surface area contributed by atoms with Gasteiger partial charge in [0.15, 0.2) is 11.7 Å². The molecule has 2 N–H and O–H groups in total. The van der Waals surface area contributed by atoms with Crippen molar-refractivity contribution in [3.63, 3.8) is 0 Å². The molecule has 0 saturated carbocycles. The molecule has 1 heterocycles. The number of thiazole rings is 1. The second-order valence-corrected chi connectivity index (χ2v) is 7.10. The monoisotopic (exact) mass is 382 g/mol. The van der Waals surface area contributed by atoms with Gasteiger partial charge in [0.1, 0.15) is 5.75 Å². The van der Waals surface area contributed by atoms with E-state index >= 15 is 0 Å². The summed E-state index contributed by atoms with van der Waals surface area (Å²) in [4.78, 5) is 28.5. The van der Waals surface area contributed by atoms with E-state index in [9.17, 15) is 9.59 Å². The summed E-state index contributed by atoms with van der Waals surface area (Å²) in [6, 6.07) is 14.4. The van der Waals surface area contributed by atoms with Gasteiger partial charge in [0, 0.05) is 16.0 Å². The van der Waals surface area contributed by atoms with Crippen LogP contribution in [0.15, 0.2) is 48.5 Å². The Morgan fingerprint density at radius 2 is 1.81 bits per heavy atom. The minimum atomic E-state index is -1.02. The number of hydrogen-bond donors (Lipinski definition) is 2. The number of carboxylic acids is 1. The summed E-state index contributed by atoms with van der Waals surface area (Å²) < 4.78 is 5.13. The third kappa shape index (κ3) is 4.51. The van der Waals surface area contributed by atoms with Crippen LogP contribution in [-0.4, -0.2) is 28.6 Å². The van der Waals surface area contributed by atoms with Crippen molar-refractivity contribution in [1.29, 1.82) is 0 Å². The number of carbonyl (C=O) groups is 2. The molecule has 3 aromatic rings. The third-order valence-electron chi connectivity index (χ3n) is 3.90. The quantitative estimate of drug-likeness (QED) is 0.669. The van der Waals surface area contributed by atoms with Gasteiger partial charge in [-0.05, 0) is 49.7 Å². The molecule has 27 heavy (non-hydrogen) atoms. The van der Waals surface area contributed by atoms with Gasteiger partial charge in [0.05, 0.1) is 5.69 Å². The van der Waals surface area contributed by atoms with E-state index in [1.807, 2.05) is 44.2 Å². The standard InChI is InChI=1S/C20H18N2O4S/c1-12-5-3-4-6-16(12)19(25)22-20-21-18(13(2)27-20)14-7-9-15(10-8-14)26-11-17(23)24/h3-10H,11H2,1-2H3,(H,23,24)(H,21,22,25). The van der Waals surface area contributed by atoms with Crippen LogP contribution >= 0.6 is 11.3 Å². The van der Waals surface area contributed by atoms with Crippen molar-refractivity contribution in [1.82, 2.24) is 4.98 Å². The number of ether oxygens (including phenoxy) is 1. The van der Waals surface area contributed by atoms with Crippen molar-refractivity contribution in [3.05, 3.63) is 64.5 Å². The number of carbonyl (C=O) groups excluding carboxylic acids is 1. The van der Waals surface area contributed by atoms with E-state index in [-0.39, 0.29) is 12.5 Å². The maximum atomic E-state index is 12.5. The van der Waals surface area contributed by atoms with Crippen LogP contribution in [0.5, 0.6) is 5.75 Å². The molecule has 0 radical (unpaired) electrons. The number of nitrogens with one attached hydrogen (secondary N) is 1. The summed E-state index contributed by atoms with van der Waals surface area (Å²) in [6.07, 6.45) is 0. The molecular weight excluding hydrogens is 364 g/mol. The Bertz CT molecular complexity index is 980. The first kappa shape index (κ1) is 18.6. The van der Waals surface area contributed by atoms with Crippen molar-refractivity contribution in [3.8, 4) is 17.0 Å². The van der Waals surface area contributed by atoms with Crippen LogP contribution in [0, 0.1) is 13.8 Å². The Hall–Kier alpha value is -3.19. The van der Waals surface area contributed by atoms with Crippen LogP contribution in [0.3, 0.4) is 0 Å². The van der Waals surface area contributed by atoms with Crippen molar-refractivity contribution in [2.45, 2.75) is 13.8 Å². The van der Waals surface area contributed by atoms with Crippen LogP contribution in [0.1, 0.15) is 20.8 Å². The molecule has 0 aliphatic rings. The minimum absolute atomic E-state index is 0.189. The Balaban J connectivity index is 1.75. The lowest BCUT2D eigenvalue weighted by atomic mass is 10.1. The van der Waals surface area contributed by atoms with Gasteiger partial charge in [0.25, 0.3) is 5.91 Å². The third-order valence-corrected chi connectivity index (χ3v) is 4.78. The lowest BCUT2D eigenvalue weighted by molar-refractivity contribution is -0.139. The highest BCUT2D eigenvalue weighted by atomic mass is 32.1. The van der Waals surface area contributed by atoms with E-state index < -0.39 is 5.97 Å².